The van der Waals surface area contributed by atoms with Crippen molar-refractivity contribution < 1.29 is 38.6 Å². The molecule has 2 N–H and O–H groups in total. The third-order valence-corrected chi connectivity index (χ3v) is 7.37. The quantitative estimate of drug-likeness (QED) is 0.285. The lowest BCUT2D eigenvalue weighted by molar-refractivity contribution is -0.305. The van der Waals surface area contributed by atoms with E-state index in [0.717, 1.165) is 0 Å². The number of nitrogens with one attached hydrogen (secondary N) is 2. The van der Waals surface area contributed by atoms with Gasteiger partial charge in [-0.1, -0.05) is 0 Å². The molecule has 13 heteroatoms. The van der Waals surface area contributed by atoms with Gasteiger partial charge in [0, 0.05) is 27.0 Å². The summed E-state index contributed by atoms with van der Waals surface area (Å²) in [5.41, 5.74) is 1.21. The molecule has 176 valence electrons. The van der Waals surface area contributed by atoms with Crippen molar-refractivity contribution in [3.05, 3.63) is 16.3 Å². The second-order valence-corrected chi connectivity index (χ2v) is 9.76. The van der Waals surface area contributed by atoms with Gasteiger partial charge in [-0.25, -0.2) is 0 Å². The molecule has 10 nitrogen and oxygen atoms in total. The molecule has 0 aliphatic carbocycles. The highest BCUT2D eigenvalue weighted by molar-refractivity contribution is 14.1. The van der Waals surface area contributed by atoms with Gasteiger partial charge in [0.1, 0.15) is 0 Å². The van der Waals surface area contributed by atoms with E-state index in [9.17, 15) is 29.1 Å². The van der Waals surface area contributed by atoms with Crippen LogP contribution in [-0.2, 0) is 39.9 Å². The van der Waals surface area contributed by atoms with Gasteiger partial charge < -0.3 is 30.0 Å². The number of hydrogen-bond acceptors (Lipinski definition) is 8. The van der Waals surface area contributed by atoms with Gasteiger partial charge in [-0.05, 0) is 100 Å². The molecule has 1 aromatic carbocycles. The highest BCUT2D eigenvalue weighted by Crippen LogP contribution is 2.39. The summed E-state index contributed by atoms with van der Waals surface area (Å²) >= 11 is 5.88. The first-order valence-corrected chi connectivity index (χ1v) is 12.3. The number of carboxylic acid groups (broad SMARTS) is 1. The summed E-state index contributed by atoms with van der Waals surface area (Å²) in [4.78, 5) is 58.4. The minimum Gasteiger partial charge on any atom is -0.550 e. The smallest absolute Gasteiger partial charge is 0.303 e. The van der Waals surface area contributed by atoms with E-state index in [0.29, 0.717) is 27.6 Å². The van der Waals surface area contributed by atoms with Crippen LogP contribution in [0.15, 0.2) is 0 Å². The molecule has 2 atom stereocenters. The average molecular weight is 785 g/mol. The van der Waals surface area contributed by atoms with E-state index in [1.54, 1.807) is 0 Å². The van der Waals surface area contributed by atoms with Gasteiger partial charge in [0.05, 0.1) is 14.9 Å². The Hall–Kier alpha value is -1.24. The van der Waals surface area contributed by atoms with Crippen molar-refractivity contribution >= 4 is 109 Å². The van der Waals surface area contributed by atoms with Gasteiger partial charge >= 0.3 is 11.9 Å². The molecule has 0 aliphatic rings. The zero-order valence-electron chi connectivity index (χ0n) is 17.5. The highest BCUT2D eigenvalue weighted by atomic mass is 127. The lowest BCUT2D eigenvalue weighted by atomic mass is 10.1. The number of halogens is 3. The van der Waals surface area contributed by atoms with Crippen LogP contribution in [0.2, 0.25) is 0 Å². The number of rotatable bonds is 9. The van der Waals surface area contributed by atoms with Crippen molar-refractivity contribution in [2.24, 2.45) is 0 Å². The number of anilines is 2. The van der Waals surface area contributed by atoms with Gasteiger partial charge in [0.15, 0.2) is 12.2 Å². The topological polar surface area (TPSA) is 151 Å². The van der Waals surface area contributed by atoms with Crippen LogP contribution in [-0.4, -0.2) is 41.9 Å². The molecule has 1 aromatic rings. The monoisotopic (exact) mass is 785 g/mol. The molecular weight excluding hydrogens is 765 g/mol. The van der Waals surface area contributed by atoms with E-state index >= 15 is 0 Å². The van der Waals surface area contributed by atoms with E-state index in [1.807, 2.05) is 67.8 Å². The van der Waals surface area contributed by atoms with Crippen LogP contribution in [0.25, 0.3) is 0 Å². The molecule has 0 heterocycles. The average Bonchev–Trinajstić information content (AvgIpc) is 2.66. The summed E-state index contributed by atoms with van der Waals surface area (Å²) in [6, 6.07) is 0. The largest absolute Gasteiger partial charge is 0.550 e. The molecule has 0 aliphatic heterocycles. The zero-order chi connectivity index (χ0) is 24.7. The molecular formula is C19H20I3N2O8-. The van der Waals surface area contributed by atoms with E-state index < -0.39 is 41.9 Å². The van der Waals surface area contributed by atoms with E-state index in [2.05, 4.69) is 10.6 Å². The van der Waals surface area contributed by atoms with Crippen molar-refractivity contribution in [2.45, 2.75) is 52.7 Å². The van der Waals surface area contributed by atoms with E-state index in [4.69, 9.17) is 9.47 Å². The lowest BCUT2D eigenvalue weighted by Gasteiger charge is -2.22. The number of carbonyl (C=O) groups excluding carboxylic acids is 5. The summed E-state index contributed by atoms with van der Waals surface area (Å²) in [6.45, 7) is 5.17. The first kappa shape index (κ1) is 28.8. The summed E-state index contributed by atoms with van der Waals surface area (Å²) in [5, 5.41) is 16.4. The van der Waals surface area contributed by atoms with Gasteiger partial charge in [0.2, 0.25) is 0 Å². The minimum atomic E-state index is -1.25. The number of amides is 2. The Morgan fingerprint density at radius 1 is 0.812 bits per heavy atom. The predicted molar refractivity (Wildman–Crippen MR) is 138 cm³/mol. The molecule has 0 fully saturated rings. The Labute approximate surface area is 225 Å². The van der Waals surface area contributed by atoms with E-state index in [1.165, 1.54) is 27.7 Å². The van der Waals surface area contributed by atoms with Gasteiger partial charge in [-0.15, -0.1) is 0 Å². The Morgan fingerprint density at radius 3 is 1.50 bits per heavy atom. The van der Waals surface area contributed by atoms with Crippen molar-refractivity contribution in [3.8, 4) is 0 Å². The van der Waals surface area contributed by atoms with Crippen LogP contribution in [0.1, 0.15) is 39.7 Å². The molecule has 0 aromatic heterocycles. The van der Waals surface area contributed by atoms with Crippen LogP contribution < -0.4 is 15.7 Å². The summed E-state index contributed by atoms with van der Waals surface area (Å²) in [7, 11) is 0. The standard InChI is InChI=1S/C19H21I3N2O8/c1-7(31-9(3)25)18(29)23-16-13(20)11(5-6-12(27)28)14(21)17(15(16)22)24-19(30)8(2)32-10(4)26/h7-8H,5-6H2,1-4H3,(H,23,29)(H,24,30)(H,27,28)/p-1. The van der Waals surface area contributed by atoms with E-state index in [-0.39, 0.29) is 12.8 Å². The first-order chi connectivity index (χ1) is 14.8. The molecule has 0 spiro atoms. The molecule has 32 heavy (non-hydrogen) atoms. The highest BCUT2D eigenvalue weighted by Gasteiger charge is 2.26. The fourth-order valence-corrected chi connectivity index (χ4v) is 6.68. The van der Waals surface area contributed by atoms with Gasteiger partial charge in [-0.3, -0.25) is 19.2 Å². The number of carboxylic acids is 1. The maximum atomic E-state index is 12.5. The summed E-state index contributed by atoms with van der Waals surface area (Å²) in [5.74, 6) is -3.70. The minimum absolute atomic E-state index is 0.0839. The van der Waals surface area contributed by atoms with Crippen LogP contribution >= 0.6 is 67.8 Å². The van der Waals surface area contributed by atoms with Crippen LogP contribution in [0.4, 0.5) is 11.4 Å². The Bertz CT molecular complexity index is 888. The second kappa shape index (κ2) is 12.9. The molecule has 1 rings (SSSR count). The summed E-state index contributed by atoms with van der Waals surface area (Å²) < 4.78 is 11.4. The Kier molecular flexibility index (Phi) is 11.6. The third kappa shape index (κ3) is 8.27. The molecule has 2 unspecified atom stereocenters. The fraction of sp³-hybridized carbons (Fsp3) is 0.421. The maximum absolute atomic E-state index is 12.5. The number of aliphatic carboxylic acids is 1. The van der Waals surface area contributed by atoms with Crippen molar-refractivity contribution in [1.29, 1.82) is 0 Å². The number of carbonyl (C=O) groups is 5. The Morgan fingerprint density at radius 2 is 1.19 bits per heavy atom. The van der Waals surface area contributed by atoms with Crippen molar-refractivity contribution in [2.75, 3.05) is 10.6 Å². The normalized spacial score (nSPS) is 12.3. The predicted octanol–water partition coefficient (Wildman–Crippen LogP) is 1.96. The lowest BCUT2D eigenvalue weighted by Crippen LogP contribution is -2.32. The molecule has 0 saturated carbocycles. The third-order valence-electron chi connectivity index (χ3n) is 3.91. The van der Waals surface area contributed by atoms with Crippen LogP contribution in [0.5, 0.6) is 0 Å². The zero-order valence-corrected chi connectivity index (χ0v) is 23.9. The number of benzene rings is 1. The van der Waals surface area contributed by atoms with Crippen molar-refractivity contribution in [1.82, 2.24) is 0 Å². The number of esters is 2. The van der Waals surface area contributed by atoms with Crippen molar-refractivity contribution in [3.63, 3.8) is 0 Å². The summed E-state index contributed by atoms with van der Waals surface area (Å²) in [6.07, 6.45) is -2.35. The Balaban J connectivity index is 3.46. The second-order valence-electron chi connectivity index (χ2n) is 6.52. The van der Waals surface area contributed by atoms with Crippen LogP contribution in [0.3, 0.4) is 0 Å². The van der Waals surface area contributed by atoms with Crippen LogP contribution in [0, 0.1) is 10.7 Å². The molecule has 2 amide bonds. The number of ether oxygens (including phenoxy) is 2. The number of hydrogen-bond donors (Lipinski definition) is 2. The van der Waals surface area contributed by atoms with Gasteiger partial charge in [0.25, 0.3) is 11.8 Å². The fourth-order valence-electron chi connectivity index (χ4n) is 2.44. The van der Waals surface area contributed by atoms with Gasteiger partial charge in [-0.2, -0.15) is 0 Å². The molecule has 0 bridgehead atoms. The molecule has 0 radical (unpaired) electrons. The molecule has 0 saturated heterocycles. The maximum Gasteiger partial charge on any atom is 0.303 e. The SMILES string of the molecule is CC(=O)OC(C)C(=O)Nc1c(I)c(CCC(=O)[O-])c(I)c(NC(=O)C(C)OC(C)=O)c1I. The first-order valence-electron chi connectivity index (χ1n) is 9.11.